The highest BCUT2D eigenvalue weighted by Crippen LogP contribution is 2.06. The predicted octanol–water partition coefficient (Wildman–Crippen LogP) is -0.326. The van der Waals surface area contributed by atoms with Crippen molar-refractivity contribution in [3.63, 3.8) is 0 Å². The van der Waals surface area contributed by atoms with Crippen LogP contribution in [0.15, 0.2) is 23.4 Å². The summed E-state index contributed by atoms with van der Waals surface area (Å²) in [5.74, 6) is 0. The molecule has 1 aromatic heterocycles. The molecule has 0 aromatic carbocycles. The first-order chi connectivity index (χ1) is 6.06. The maximum Gasteiger partial charge on any atom is 0.242 e. The van der Waals surface area contributed by atoms with Gasteiger partial charge < -0.3 is 10.1 Å². The first kappa shape index (κ1) is 10.2. The second-order valence-corrected chi connectivity index (χ2v) is 4.47. The van der Waals surface area contributed by atoms with Gasteiger partial charge in [-0.2, -0.15) is 0 Å². The van der Waals surface area contributed by atoms with Crippen molar-refractivity contribution in [3.05, 3.63) is 18.5 Å². The van der Waals surface area contributed by atoms with E-state index in [1.54, 1.807) is 6.92 Å². The first-order valence-corrected chi connectivity index (χ1v) is 5.30. The fourth-order valence-electron chi connectivity index (χ4n) is 0.846. The third kappa shape index (κ3) is 2.55. The molecule has 1 rings (SSSR count). The second-order valence-electron chi connectivity index (χ2n) is 2.75. The summed E-state index contributed by atoms with van der Waals surface area (Å²) in [5, 5.41) is 8.66. The Kier molecular flexibility index (Phi) is 3.07. The maximum absolute atomic E-state index is 11.4. The summed E-state index contributed by atoms with van der Waals surface area (Å²) < 4.78 is 25.2. The zero-order valence-electron chi connectivity index (χ0n) is 7.19. The first-order valence-electron chi connectivity index (χ1n) is 3.82. The van der Waals surface area contributed by atoms with Gasteiger partial charge in [0.2, 0.25) is 10.0 Å². The molecule has 74 valence electrons. The minimum atomic E-state index is -3.47. The van der Waals surface area contributed by atoms with Gasteiger partial charge in [-0.15, -0.1) is 0 Å². The fraction of sp³-hybridized carbons (Fsp3) is 0.429. The van der Waals surface area contributed by atoms with Gasteiger partial charge in [-0.05, 0) is 13.0 Å². The number of H-pyrrole nitrogens is 1. The van der Waals surface area contributed by atoms with Gasteiger partial charge in [0.25, 0.3) is 0 Å². The number of aromatic amines is 1. The molecule has 0 aliphatic rings. The average Bonchev–Trinajstić information content (AvgIpc) is 2.55. The van der Waals surface area contributed by atoms with Crippen LogP contribution in [-0.2, 0) is 10.0 Å². The number of hydrogen-bond donors (Lipinski definition) is 3. The summed E-state index contributed by atoms with van der Waals surface area (Å²) in [5.41, 5.74) is 0. The highest BCUT2D eigenvalue weighted by molar-refractivity contribution is 7.89. The molecule has 1 heterocycles. The number of aliphatic hydroxyl groups is 1. The molecule has 1 aromatic rings. The highest BCUT2D eigenvalue weighted by atomic mass is 32.2. The van der Waals surface area contributed by atoms with E-state index in [1.807, 2.05) is 0 Å². The van der Waals surface area contributed by atoms with Crippen molar-refractivity contribution in [1.29, 1.82) is 0 Å². The molecule has 0 aliphatic heterocycles. The molecular formula is C7H12N2O3S. The topological polar surface area (TPSA) is 82.2 Å². The monoisotopic (exact) mass is 204 g/mol. The predicted molar refractivity (Wildman–Crippen MR) is 47.7 cm³/mol. The molecule has 0 fully saturated rings. The molecule has 0 aliphatic carbocycles. The van der Waals surface area contributed by atoms with Crippen LogP contribution in [0.1, 0.15) is 6.92 Å². The number of aliphatic hydroxyl groups excluding tert-OH is 1. The summed E-state index contributed by atoms with van der Waals surface area (Å²) in [6, 6.07) is 0.979. The van der Waals surface area contributed by atoms with Crippen LogP contribution in [0.25, 0.3) is 0 Å². The SMILES string of the molecule is C[C@H](CO)NS(=O)(=O)c1cc[nH]c1. The van der Waals surface area contributed by atoms with E-state index >= 15 is 0 Å². The lowest BCUT2D eigenvalue weighted by molar-refractivity contribution is 0.265. The Balaban J connectivity index is 2.79. The second kappa shape index (κ2) is 3.91. The molecule has 1 atom stereocenters. The number of rotatable bonds is 4. The Bertz CT molecular complexity index is 344. The lowest BCUT2D eigenvalue weighted by atomic mass is 10.4. The Hall–Kier alpha value is -0.850. The quantitative estimate of drug-likeness (QED) is 0.628. The molecule has 0 saturated carbocycles. The van der Waals surface area contributed by atoms with Gasteiger partial charge in [-0.25, -0.2) is 13.1 Å². The zero-order valence-corrected chi connectivity index (χ0v) is 8.00. The smallest absolute Gasteiger partial charge is 0.242 e. The standard InChI is InChI=1S/C7H12N2O3S/c1-6(5-10)9-13(11,12)7-2-3-8-4-7/h2-4,6,8-10H,5H2,1H3/t6-/m1/s1. The minimum absolute atomic E-state index is 0.174. The van der Waals surface area contributed by atoms with Gasteiger partial charge in [0, 0.05) is 18.4 Å². The molecule has 3 N–H and O–H groups in total. The van der Waals surface area contributed by atoms with Gasteiger partial charge in [0.15, 0.2) is 0 Å². The molecule has 0 bridgehead atoms. The number of nitrogens with one attached hydrogen (secondary N) is 2. The molecule has 5 nitrogen and oxygen atoms in total. The van der Waals surface area contributed by atoms with Gasteiger partial charge in [0.05, 0.1) is 11.5 Å². The van der Waals surface area contributed by atoms with Crippen molar-refractivity contribution < 1.29 is 13.5 Å². The molecule has 0 spiro atoms. The van der Waals surface area contributed by atoms with E-state index in [-0.39, 0.29) is 11.5 Å². The van der Waals surface area contributed by atoms with Crippen LogP contribution in [0.3, 0.4) is 0 Å². The van der Waals surface area contributed by atoms with Gasteiger partial charge in [0.1, 0.15) is 0 Å². The van der Waals surface area contributed by atoms with Crippen molar-refractivity contribution in [2.45, 2.75) is 17.9 Å². The summed E-state index contributed by atoms with van der Waals surface area (Å²) in [4.78, 5) is 2.82. The van der Waals surface area contributed by atoms with Gasteiger partial charge >= 0.3 is 0 Å². The molecular weight excluding hydrogens is 192 g/mol. The average molecular weight is 204 g/mol. The minimum Gasteiger partial charge on any atom is -0.395 e. The molecule has 0 amide bonds. The van der Waals surface area contributed by atoms with Crippen LogP contribution in [0, 0.1) is 0 Å². The zero-order chi connectivity index (χ0) is 9.90. The van der Waals surface area contributed by atoms with Crippen LogP contribution in [0.4, 0.5) is 0 Å². The fourth-order valence-corrected chi connectivity index (χ4v) is 2.06. The van der Waals surface area contributed by atoms with Crippen LogP contribution < -0.4 is 4.72 Å². The Morgan fingerprint density at radius 3 is 2.85 bits per heavy atom. The maximum atomic E-state index is 11.4. The largest absolute Gasteiger partial charge is 0.395 e. The Labute approximate surface area is 76.8 Å². The van der Waals surface area contributed by atoms with Crippen molar-refractivity contribution in [3.8, 4) is 0 Å². The van der Waals surface area contributed by atoms with Crippen molar-refractivity contribution in [1.82, 2.24) is 9.71 Å². The number of hydrogen-bond acceptors (Lipinski definition) is 3. The van der Waals surface area contributed by atoms with Crippen LogP contribution in [0.5, 0.6) is 0 Å². The molecule has 6 heteroatoms. The van der Waals surface area contributed by atoms with Crippen molar-refractivity contribution >= 4 is 10.0 Å². The van der Waals surface area contributed by atoms with E-state index in [1.165, 1.54) is 18.5 Å². The molecule has 0 saturated heterocycles. The van der Waals surface area contributed by atoms with E-state index in [0.29, 0.717) is 0 Å². The lowest BCUT2D eigenvalue weighted by Gasteiger charge is -2.09. The lowest BCUT2D eigenvalue weighted by Crippen LogP contribution is -2.34. The summed E-state index contributed by atoms with van der Waals surface area (Å²) in [6.07, 6.45) is 2.91. The van der Waals surface area contributed by atoms with E-state index in [2.05, 4.69) is 9.71 Å². The molecule has 13 heavy (non-hydrogen) atoms. The van der Waals surface area contributed by atoms with E-state index in [0.717, 1.165) is 0 Å². The highest BCUT2D eigenvalue weighted by Gasteiger charge is 2.16. The Morgan fingerprint density at radius 2 is 2.38 bits per heavy atom. The molecule has 0 radical (unpaired) electrons. The Morgan fingerprint density at radius 1 is 1.69 bits per heavy atom. The third-order valence-electron chi connectivity index (χ3n) is 1.51. The number of aromatic nitrogens is 1. The van der Waals surface area contributed by atoms with E-state index in [9.17, 15) is 8.42 Å². The normalized spacial score (nSPS) is 14.3. The summed E-state index contributed by atoms with van der Waals surface area (Å²) in [6.45, 7) is 1.37. The number of sulfonamides is 1. The van der Waals surface area contributed by atoms with Crippen LogP contribution in [-0.4, -0.2) is 31.2 Å². The van der Waals surface area contributed by atoms with Crippen molar-refractivity contribution in [2.75, 3.05) is 6.61 Å². The van der Waals surface area contributed by atoms with Gasteiger partial charge in [-0.3, -0.25) is 0 Å². The van der Waals surface area contributed by atoms with Crippen molar-refractivity contribution in [2.24, 2.45) is 0 Å². The van der Waals surface area contributed by atoms with Crippen LogP contribution in [0.2, 0.25) is 0 Å². The summed E-state index contributed by atoms with van der Waals surface area (Å²) >= 11 is 0. The summed E-state index contributed by atoms with van der Waals surface area (Å²) in [7, 11) is -3.47. The van der Waals surface area contributed by atoms with E-state index in [4.69, 9.17) is 5.11 Å². The molecule has 0 unspecified atom stereocenters. The third-order valence-corrected chi connectivity index (χ3v) is 3.10. The van der Waals surface area contributed by atoms with E-state index < -0.39 is 16.1 Å². The van der Waals surface area contributed by atoms with Gasteiger partial charge in [-0.1, -0.05) is 0 Å². The van der Waals surface area contributed by atoms with Crippen LogP contribution >= 0.6 is 0 Å².